The molecule has 1 unspecified atom stereocenters. The van der Waals surface area contributed by atoms with Crippen LogP contribution in [-0.4, -0.2) is 7.11 Å². The van der Waals surface area contributed by atoms with Crippen molar-refractivity contribution < 1.29 is 4.74 Å². The average Bonchev–Trinajstić information content (AvgIpc) is 2.82. The molecule has 2 aromatic rings. The van der Waals surface area contributed by atoms with Crippen molar-refractivity contribution in [2.24, 2.45) is 5.84 Å². The number of hydrogen-bond acceptors (Lipinski definition) is 4. The van der Waals surface area contributed by atoms with Crippen LogP contribution in [0, 0.1) is 0 Å². The summed E-state index contributed by atoms with van der Waals surface area (Å²) in [6, 6.07) is 10.2. The lowest BCUT2D eigenvalue weighted by molar-refractivity contribution is 0.406. The van der Waals surface area contributed by atoms with E-state index in [4.69, 9.17) is 10.6 Å². The standard InChI is InChI=1S/C13H14Br2N2OS/c1-18-11-3-2-9(14)6-8(11)7-10(17-16)12-4-5-13(15)19-12/h2-6,10,17H,7,16H2,1H3. The molecular formula is C13H14Br2N2OS. The molecule has 3 nitrogen and oxygen atoms in total. The second kappa shape index (κ2) is 6.85. The van der Waals surface area contributed by atoms with Gasteiger partial charge >= 0.3 is 0 Å². The molecule has 0 bridgehead atoms. The second-order valence-corrected chi connectivity index (χ2v) is 7.43. The molecule has 3 N–H and O–H groups in total. The first kappa shape index (κ1) is 15.0. The molecule has 0 saturated heterocycles. The molecule has 19 heavy (non-hydrogen) atoms. The Morgan fingerprint density at radius 3 is 2.68 bits per heavy atom. The van der Waals surface area contributed by atoms with Gasteiger partial charge in [0.15, 0.2) is 0 Å². The number of nitrogens with two attached hydrogens (primary N) is 1. The highest BCUT2D eigenvalue weighted by atomic mass is 79.9. The van der Waals surface area contributed by atoms with Gasteiger partial charge in [0.1, 0.15) is 5.75 Å². The molecule has 0 amide bonds. The highest BCUT2D eigenvalue weighted by molar-refractivity contribution is 9.11. The molecule has 102 valence electrons. The van der Waals surface area contributed by atoms with Gasteiger partial charge in [0.05, 0.1) is 16.9 Å². The van der Waals surface area contributed by atoms with Gasteiger partial charge in [0, 0.05) is 9.35 Å². The largest absolute Gasteiger partial charge is 0.496 e. The van der Waals surface area contributed by atoms with Crippen LogP contribution in [0.15, 0.2) is 38.6 Å². The normalized spacial score (nSPS) is 12.4. The first-order valence-electron chi connectivity index (χ1n) is 5.68. The van der Waals surface area contributed by atoms with Crippen molar-refractivity contribution in [2.75, 3.05) is 7.11 Å². The van der Waals surface area contributed by atoms with Gasteiger partial charge in [0.2, 0.25) is 0 Å². The number of rotatable bonds is 5. The molecule has 0 aliphatic rings. The Bertz CT molecular complexity index is 559. The lowest BCUT2D eigenvalue weighted by Crippen LogP contribution is -2.29. The molecule has 0 aliphatic carbocycles. The molecule has 1 aromatic carbocycles. The maximum Gasteiger partial charge on any atom is 0.122 e. The van der Waals surface area contributed by atoms with Gasteiger partial charge in [-0.05, 0) is 58.2 Å². The first-order valence-corrected chi connectivity index (χ1v) is 8.08. The molecule has 2 rings (SSSR count). The zero-order valence-corrected chi connectivity index (χ0v) is 14.3. The number of hydrogen-bond donors (Lipinski definition) is 2. The van der Waals surface area contributed by atoms with Gasteiger partial charge in [-0.15, -0.1) is 11.3 Å². The molecule has 0 radical (unpaired) electrons. The van der Waals surface area contributed by atoms with Crippen molar-refractivity contribution in [3.8, 4) is 5.75 Å². The van der Waals surface area contributed by atoms with Gasteiger partial charge in [-0.2, -0.15) is 0 Å². The Morgan fingerprint density at radius 1 is 1.32 bits per heavy atom. The van der Waals surface area contributed by atoms with E-state index in [0.29, 0.717) is 0 Å². The van der Waals surface area contributed by atoms with Crippen molar-refractivity contribution >= 4 is 43.2 Å². The third-order valence-corrected chi connectivity index (χ3v) is 5.04. The molecular weight excluding hydrogens is 392 g/mol. The maximum absolute atomic E-state index is 5.68. The van der Waals surface area contributed by atoms with E-state index in [0.717, 1.165) is 26.0 Å². The van der Waals surface area contributed by atoms with E-state index in [-0.39, 0.29) is 6.04 Å². The smallest absolute Gasteiger partial charge is 0.122 e. The zero-order chi connectivity index (χ0) is 13.8. The van der Waals surface area contributed by atoms with E-state index in [1.54, 1.807) is 18.4 Å². The van der Waals surface area contributed by atoms with Crippen LogP contribution >= 0.6 is 43.2 Å². The Balaban J connectivity index is 2.25. The summed E-state index contributed by atoms with van der Waals surface area (Å²) < 4.78 is 7.53. The maximum atomic E-state index is 5.68. The van der Waals surface area contributed by atoms with Crippen molar-refractivity contribution in [2.45, 2.75) is 12.5 Å². The van der Waals surface area contributed by atoms with Crippen LogP contribution in [0.3, 0.4) is 0 Å². The van der Waals surface area contributed by atoms with Gasteiger partial charge in [-0.25, -0.2) is 0 Å². The van der Waals surface area contributed by atoms with Crippen LogP contribution in [0.2, 0.25) is 0 Å². The molecule has 0 fully saturated rings. The minimum Gasteiger partial charge on any atom is -0.496 e. The van der Waals surface area contributed by atoms with Crippen LogP contribution in [-0.2, 0) is 6.42 Å². The van der Waals surface area contributed by atoms with Gasteiger partial charge in [0.25, 0.3) is 0 Å². The Morgan fingerprint density at radius 2 is 2.11 bits per heavy atom. The highest BCUT2D eigenvalue weighted by Gasteiger charge is 2.15. The highest BCUT2D eigenvalue weighted by Crippen LogP contribution is 2.32. The van der Waals surface area contributed by atoms with Crippen molar-refractivity contribution in [3.05, 3.63) is 49.0 Å². The third kappa shape index (κ3) is 3.79. The summed E-state index contributed by atoms with van der Waals surface area (Å²) in [5.41, 5.74) is 3.98. The van der Waals surface area contributed by atoms with Crippen molar-refractivity contribution in [1.29, 1.82) is 0 Å². The second-order valence-electron chi connectivity index (χ2n) is 4.02. The van der Waals surface area contributed by atoms with Crippen molar-refractivity contribution in [3.63, 3.8) is 0 Å². The number of benzene rings is 1. The summed E-state index contributed by atoms with van der Waals surface area (Å²) in [6.07, 6.45) is 0.770. The van der Waals surface area contributed by atoms with Crippen LogP contribution in [0.5, 0.6) is 5.75 Å². The topological polar surface area (TPSA) is 47.3 Å². The lowest BCUT2D eigenvalue weighted by atomic mass is 10.0. The van der Waals surface area contributed by atoms with E-state index in [1.165, 1.54) is 4.88 Å². The number of hydrazine groups is 1. The quantitative estimate of drug-likeness (QED) is 0.583. The summed E-state index contributed by atoms with van der Waals surface area (Å²) in [5, 5.41) is 0. The SMILES string of the molecule is COc1ccc(Br)cc1CC(NN)c1ccc(Br)s1. The van der Waals surface area contributed by atoms with Crippen LogP contribution in [0.25, 0.3) is 0 Å². The minimum absolute atomic E-state index is 0.0690. The lowest BCUT2D eigenvalue weighted by Gasteiger charge is -2.16. The number of methoxy groups -OCH3 is 1. The van der Waals surface area contributed by atoms with E-state index >= 15 is 0 Å². The fraction of sp³-hybridized carbons (Fsp3) is 0.231. The summed E-state index contributed by atoms with van der Waals surface area (Å²) in [6.45, 7) is 0. The van der Waals surface area contributed by atoms with E-state index < -0.39 is 0 Å². The van der Waals surface area contributed by atoms with E-state index in [9.17, 15) is 0 Å². The molecule has 0 spiro atoms. The molecule has 1 heterocycles. The number of halogens is 2. The van der Waals surface area contributed by atoms with Gasteiger partial charge < -0.3 is 4.74 Å². The van der Waals surface area contributed by atoms with Crippen molar-refractivity contribution in [1.82, 2.24) is 5.43 Å². The predicted octanol–water partition coefficient (Wildman–Crippen LogP) is 4.03. The monoisotopic (exact) mass is 404 g/mol. The Kier molecular flexibility index (Phi) is 5.41. The zero-order valence-electron chi connectivity index (χ0n) is 10.3. The Hall–Kier alpha value is -0.400. The molecule has 0 aliphatic heterocycles. The summed E-state index contributed by atoms with van der Waals surface area (Å²) in [5.74, 6) is 6.55. The average molecular weight is 406 g/mol. The third-order valence-electron chi connectivity index (χ3n) is 2.81. The Labute approximate surface area is 133 Å². The van der Waals surface area contributed by atoms with Crippen LogP contribution in [0.4, 0.5) is 0 Å². The van der Waals surface area contributed by atoms with Crippen LogP contribution < -0.4 is 16.0 Å². The molecule has 1 atom stereocenters. The van der Waals surface area contributed by atoms with Gasteiger partial charge in [-0.1, -0.05) is 15.9 Å². The number of nitrogens with one attached hydrogen (secondary N) is 1. The molecule has 6 heteroatoms. The molecule has 0 saturated carbocycles. The summed E-state index contributed by atoms with van der Waals surface area (Å²) >= 11 is 8.64. The molecule has 1 aromatic heterocycles. The fourth-order valence-electron chi connectivity index (χ4n) is 1.88. The van der Waals surface area contributed by atoms with E-state index in [1.807, 2.05) is 18.2 Å². The summed E-state index contributed by atoms with van der Waals surface area (Å²) in [7, 11) is 1.68. The first-order chi connectivity index (χ1) is 9.13. The minimum atomic E-state index is 0.0690. The number of thiophene rings is 1. The summed E-state index contributed by atoms with van der Waals surface area (Å²) in [4.78, 5) is 1.19. The van der Waals surface area contributed by atoms with Gasteiger partial charge in [-0.3, -0.25) is 11.3 Å². The number of ether oxygens (including phenoxy) is 1. The van der Waals surface area contributed by atoms with Crippen LogP contribution in [0.1, 0.15) is 16.5 Å². The fourth-order valence-corrected chi connectivity index (χ4v) is 3.78. The van der Waals surface area contributed by atoms with E-state index in [2.05, 4.69) is 49.4 Å². The predicted molar refractivity (Wildman–Crippen MR) is 86.5 cm³/mol.